The first-order chi connectivity index (χ1) is 15.7. The molecule has 0 aliphatic rings. The first-order valence-corrected chi connectivity index (χ1v) is 11.7. The van der Waals surface area contributed by atoms with Crippen LogP contribution >= 0.6 is 11.6 Å². The van der Waals surface area contributed by atoms with Crippen molar-refractivity contribution in [1.29, 1.82) is 0 Å². The Balaban J connectivity index is 1.65. The van der Waals surface area contributed by atoms with E-state index in [1.165, 1.54) is 38.5 Å². The van der Waals surface area contributed by atoms with Crippen LogP contribution in [0, 0.1) is 5.82 Å². The average molecular weight is 493 g/mol. The molecule has 3 aromatic rings. The van der Waals surface area contributed by atoms with Crippen molar-refractivity contribution < 1.29 is 27.1 Å². The number of sulfonamides is 1. The minimum atomic E-state index is -3.96. The van der Waals surface area contributed by atoms with Gasteiger partial charge in [0.1, 0.15) is 5.82 Å². The Morgan fingerprint density at radius 3 is 2.42 bits per heavy atom. The summed E-state index contributed by atoms with van der Waals surface area (Å²) in [4.78, 5) is 12.0. The molecule has 0 aromatic heterocycles. The Morgan fingerprint density at radius 1 is 1.00 bits per heavy atom. The van der Waals surface area contributed by atoms with Crippen LogP contribution in [-0.2, 0) is 16.4 Å². The number of amides is 1. The molecule has 0 atom stereocenters. The lowest BCUT2D eigenvalue weighted by Crippen LogP contribution is -2.26. The Labute approximate surface area is 196 Å². The van der Waals surface area contributed by atoms with Gasteiger partial charge in [0.15, 0.2) is 11.5 Å². The van der Waals surface area contributed by atoms with Gasteiger partial charge in [-0.25, -0.2) is 17.5 Å². The smallest absolute Gasteiger partial charge is 0.255 e. The highest BCUT2D eigenvalue weighted by Crippen LogP contribution is 2.27. The van der Waals surface area contributed by atoms with E-state index in [0.717, 1.165) is 11.6 Å². The molecule has 10 heteroatoms. The first-order valence-electron chi connectivity index (χ1n) is 9.80. The highest BCUT2D eigenvalue weighted by Gasteiger charge is 2.17. The summed E-state index contributed by atoms with van der Waals surface area (Å²) in [6.07, 6.45) is 0.385. The van der Waals surface area contributed by atoms with Crippen molar-refractivity contribution in [3.63, 3.8) is 0 Å². The van der Waals surface area contributed by atoms with E-state index in [1.54, 1.807) is 30.3 Å². The van der Waals surface area contributed by atoms with Crippen molar-refractivity contribution in [2.45, 2.75) is 11.3 Å². The second-order valence-corrected chi connectivity index (χ2v) is 9.15. The number of anilines is 1. The third-order valence-electron chi connectivity index (χ3n) is 4.74. The zero-order chi connectivity index (χ0) is 24.0. The van der Waals surface area contributed by atoms with Gasteiger partial charge in [0.25, 0.3) is 5.91 Å². The van der Waals surface area contributed by atoms with Crippen molar-refractivity contribution in [1.82, 2.24) is 4.72 Å². The normalized spacial score (nSPS) is 11.2. The Kier molecular flexibility index (Phi) is 7.91. The van der Waals surface area contributed by atoms with Gasteiger partial charge in [-0.1, -0.05) is 23.7 Å². The lowest BCUT2D eigenvalue weighted by atomic mass is 10.1. The van der Waals surface area contributed by atoms with Gasteiger partial charge in [0.05, 0.1) is 24.8 Å². The maximum atomic E-state index is 14.5. The monoisotopic (exact) mass is 492 g/mol. The molecule has 3 aromatic carbocycles. The molecule has 0 aliphatic carbocycles. The van der Waals surface area contributed by atoms with Crippen LogP contribution < -0.4 is 19.5 Å². The minimum Gasteiger partial charge on any atom is -0.493 e. The number of hydrogen-bond donors (Lipinski definition) is 2. The molecule has 0 saturated heterocycles. The predicted molar refractivity (Wildman–Crippen MR) is 124 cm³/mol. The number of halogens is 2. The molecule has 33 heavy (non-hydrogen) atoms. The number of rotatable bonds is 9. The van der Waals surface area contributed by atoms with Crippen LogP contribution in [0.15, 0.2) is 65.6 Å². The molecule has 0 radical (unpaired) electrons. The van der Waals surface area contributed by atoms with Crippen molar-refractivity contribution in [2.24, 2.45) is 0 Å². The summed E-state index contributed by atoms with van der Waals surface area (Å²) >= 11 is 5.86. The van der Waals surface area contributed by atoms with Crippen molar-refractivity contribution in [3.8, 4) is 11.5 Å². The first kappa shape index (κ1) is 24.5. The summed E-state index contributed by atoms with van der Waals surface area (Å²) in [5.41, 5.74) is 0.931. The number of carbonyl (C=O) groups excluding carboxylic acids is 1. The zero-order valence-electron chi connectivity index (χ0n) is 17.9. The summed E-state index contributed by atoms with van der Waals surface area (Å²) in [6, 6.07) is 14.7. The number of carbonyl (C=O) groups is 1. The molecule has 1 amide bonds. The van der Waals surface area contributed by atoms with Crippen LogP contribution in [0.2, 0.25) is 5.02 Å². The molecule has 0 saturated carbocycles. The quantitative estimate of drug-likeness (QED) is 0.465. The molecular weight excluding hydrogens is 471 g/mol. The molecule has 0 unspecified atom stereocenters. The highest BCUT2D eigenvalue weighted by molar-refractivity contribution is 7.89. The SMILES string of the molecule is COc1ccc(CCNS(=O)(=O)c2ccc(NC(=O)c3cccc(Cl)c3)c(F)c2)cc1OC. The highest BCUT2D eigenvalue weighted by atomic mass is 35.5. The van der Waals surface area contributed by atoms with Crippen LogP contribution in [0.25, 0.3) is 0 Å². The van der Waals surface area contributed by atoms with E-state index in [-0.39, 0.29) is 22.7 Å². The molecule has 2 N–H and O–H groups in total. The summed E-state index contributed by atoms with van der Waals surface area (Å²) in [5, 5.41) is 2.77. The van der Waals surface area contributed by atoms with E-state index in [9.17, 15) is 17.6 Å². The molecule has 0 heterocycles. The Morgan fingerprint density at radius 2 is 1.76 bits per heavy atom. The average Bonchev–Trinajstić information content (AvgIpc) is 2.80. The number of methoxy groups -OCH3 is 2. The number of ether oxygens (including phenoxy) is 2. The van der Waals surface area contributed by atoms with Crippen molar-refractivity contribution in [3.05, 3.63) is 82.6 Å². The topological polar surface area (TPSA) is 93.7 Å². The molecule has 0 spiro atoms. The fraction of sp³-hybridized carbons (Fsp3) is 0.174. The van der Waals surface area contributed by atoms with Crippen LogP contribution in [0.4, 0.5) is 10.1 Å². The van der Waals surface area contributed by atoms with Gasteiger partial charge in [-0.05, 0) is 60.5 Å². The molecular formula is C23H22ClFN2O5S. The third kappa shape index (κ3) is 6.22. The second-order valence-electron chi connectivity index (χ2n) is 6.94. The van der Waals surface area contributed by atoms with Crippen LogP contribution in [0.1, 0.15) is 15.9 Å². The summed E-state index contributed by atoms with van der Waals surface area (Å²) in [7, 11) is -0.920. The fourth-order valence-corrected chi connectivity index (χ4v) is 4.27. The van der Waals surface area contributed by atoms with E-state index < -0.39 is 21.7 Å². The van der Waals surface area contributed by atoms with Crippen LogP contribution in [-0.4, -0.2) is 35.1 Å². The number of nitrogens with one attached hydrogen (secondary N) is 2. The maximum Gasteiger partial charge on any atom is 0.255 e. The largest absolute Gasteiger partial charge is 0.493 e. The molecule has 0 fully saturated rings. The van der Waals surface area contributed by atoms with E-state index >= 15 is 0 Å². The van der Waals surface area contributed by atoms with Gasteiger partial charge in [-0.2, -0.15) is 0 Å². The van der Waals surface area contributed by atoms with Gasteiger partial charge in [-0.15, -0.1) is 0 Å². The summed E-state index contributed by atoms with van der Waals surface area (Å²) < 4.78 is 52.5. The molecule has 0 bridgehead atoms. The van der Waals surface area contributed by atoms with E-state index in [0.29, 0.717) is 22.9 Å². The van der Waals surface area contributed by atoms with E-state index in [1.807, 2.05) is 0 Å². The van der Waals surface area contributed by atoms with Gasteiger partial charge in [-0.3, -0.25) is 4.79 Å². The molecule has 0 aliphatic heterocycles. The summed E-state index contributed by atoms with van der Waals surface area (Å²) in [6.45, 7) is 0.0900. The van der Waals surface area contributed by atoms with E-state index in [4.69, 9.17) is 21.1 Å². The standard InChI is InChI=1S/C23H22ClFN2O5S/c1-31-21-9-6-15(12-22(21)32-2)10-11-26-33(29,30)18-7-8-20(19(25)14-18)27-23(28)16-4-3-5-17(24)13-16/h3-9,12-14,26H,10-11H2,1-2H3,(H,27,28). The van der Waals surface area contributed by atoms with Crippen LogP contribution in [0.5, 0.6) is 11.5 Å². The maximum absolute atomic E-state index is 14.5. The lowest BCUT2D eigenvalue weighted by Gasteiger charge is -2.11. The van der Waals surface area contributed by atoms with Crippen molar-refractivity contribution >= 4 is 33.2 Å². The number of hydrogen-bond acceptors (Lipinski definition) is 5. The van der Waals surface area contributed by atoms with E-state index in [2.05, 4.69) is 10.0 Å². The van der Waals surface area contributed by atoms with Gasteiger partial charge >= 0.3 is 0 Å². The minimum absolute atomic E-state index is 0.0900. The van der Waals surface area contributed by atoms with Gasteiger partial charge < -0.3 is 14.8 Å². The Hall–Kier alpha value is -3.14. The van der Waals surface area contributed by atoms with Crippen LogP contribution in [0.3, 0.4) is 0 Å². The third-order valence-corrected chi connectivity index (χ3v) is 6.43. The lowest BCUT2D eigenvalue weighted by molar-refractivity contribution is 0.102. The second kappa shape index (κ2) is 10.7. The Bertz CT molecular complexity index is 1270. The predicted octanol–water partition coefficient (Wildman–Crippen LogP) is 4.27. The van der Waals surface area contributed by atoms with Gasteiger partial charge in [0.2, 0.25) is 10.0 Å². The van der Waals surface area contributed by atoms with Gasteiger partial charge in [0, 0.05) is 17.1 Å². The fourth-order valence-electron chi connectivity index (χ4n) is 3.04. The molecule has 7 nitrogen and oxygen atoms in total. The zero-order valence-corrected chi connectivity index (χ0v) is 19.5. The number of benzene rings is 3. The molecule has 174 valence electrons. The molecule has 3 rings (SSSR count). The summed E-state index contributed by atoms with van der Waals surface area (Å²) in [5.74, 6) is -0.344. The van der Waals surface area contributed by atoms with Crippen molar-refractivity contribution in [2.75, 3.05) is 26.1 Å².